The van der Waals surface area contributed by atoms with E-state index in [9.17, 15) is 19.8 Å². The van der Waals surface area contributed by atoms with Crippen molar-refractivity contribution in [3.8, 4) is 11.5 Å². The molecule has 2 atom stereocenters. The molecular weight excluding hydrogens is 640 g/mol. The Hall–Kier alpha value is -1.42. The van der Waals surface area contributed by atoms with E-state index in [4.69, 9.17) is 4.74 Å². The molecule has 2 aromatic carbocycles. The smallest absolute Gasteiger partial charge is 0.335 e. The van der Waals surface area contributed by atoms with Crippen molar-refractivity contribution in [2.75, 3.05) is 0 Å². The van der Waals surface area contributed by atoms with Gasteiger partial charge in [0.1, 0.15) is 26.6 Å². The number of rotatable bonds is 2. The second-order valence-corrected chi connectivity index (χ2v) is 9.82. The number of aromatic hydroxyl groups is 1. The molecule has 2 aromatic rings. The van der Waals surface area contributed by atoms with Crippen molar-refractivity contribution >= 4 is 75.5 Å². The molecular formula is C20H10Br4O5. The zero-order chi connectivity index (χ0) is 21.0. The van der Waals surface area contributed by atoms with Gasteiger partial charge in [-0.2, -0.15) is 0 Å². The Balaban J connectivity index is 2.08. The summed E-state index contributed by atoms with van der Waals surface area (Å²) in [5.41, 5.74) is 2.00. The standard InChI is InChI=1S/C20H10Br4O5/c21-11-5-9-13(7-3-1-2-4-8(7)20(27)28)10-6-12(22)17(26)15(24)19(10)29-18(9)14(23)16(11)25/h1-6,13-14,26H,(H,27,28). The lowest BCUT2D eigenvalue weighted by molar-refractivity contribution is -0.114. The van der Waals surface area contributed by atoms with Gasteiger partial charge in [-0.25, -0.2) is 4.79 Å². The fourth-order valence-electron chi connectivity index (χ4n) is 3.49. The van der Waals surface area contributed by atoms with Gasteiger partial charge in [-0.15, -0.1) is 0 Å². The van der Waals surface area contributed by atoms with Gasteiger partial charge in [0.2, 0.25) is 0 Å². The number of ether oxygens (including phenoxy) is 1. The molecule has 0 bridgehead atoms. The van der Waals surface area contributed by atoms with Crippen LogP contribution >= 0.6 is 63.7 Å². The number of phenolic OH excluding ortho intramolecular Hbond substituents is 1. The maximum absolute atomic E-state index is 12.5. The first-order valence-corrected chi connectivity index (χ1v) is 11.5. The number of Topliss-reactive ketones (excluding diaryl/α,β-unsaturated/α-hetero) is 1. The van der Waals surface area contributed by atoms with Crippen molar-refractivity contribution in [2.45, 2.75) is 10.7 Å². The second-order valence-electron chi connectivity index (χ2n) is 6.41. The molecule has 1 aliphatic carbocycles. The summed E-state index contributed by atoms with van der Waals surface area (Å²) in [5, 5.41) is 20.1. The van der Waals surface area contributed by atoms with Crippen LogP contribution in [0.1, 0.15) is 27.4 Å². The molecule has 9 heteroatoms. The van der Waals surface area contributed by atoms with Gasteiger partial charge in [-0.3, -0.25) is 4.79 Å². The molecule has 2 N–H and O–H groups in total. The molecule has 0 amide bonds. The van der Waals surface area contributed by atoms with Crippen LogP contribution in [0.5, 0.6) is 11.5 Å². The highest BCUT2D eigenvalue weighted by Gasteiger charge is 2.41. The molecule has 0 spiro atoms. The monoisotopic (exact) mass is 646 g/mol. The summed E-state index contributed by atoms with van der Waals surface area (Å²) in [5.74, 6) is -1.16. The molecule has 0 aromatic heterocycles. The van der Waals surface area contributed by atoms with Crippen LogP contribution in [0.3, 0.4) is 0 Å². The summed E-state index contributed by atoms with van der Waals surface area (Å²) in [4.78, 5) is 23.6. The lowest BCUT2D eigenvalue weighted by atomic mass is 9.78. The van der Waals surface area contributed by atoms with E-state index in [0.29, 0.717) is 41.6 Å². The maximum Gasteiger partial charge on any atom is 0.335 e. The van der Waals surface area contributed by atoms with Crippen molar-refractivity contribution in [2.24, 2.45) is 0 Å². The Bertz CT molecular complexity index is 1150. The minimum atomic E-state index is -1.06. The van der Waals surface area contributed by atoms with Crippen molar-refractivity contribution < 1.29 is 24.5 Å². The zero-order valence-corrected chi connectivity index (χ0v) is 20.6. The Morgan fingerprint density at radius 1 is 1.10 bits per heavy atom. The molecule has 5 nitrogen and oxygen atoms in total. The lowest BCUT2D eigenvalue weighted by Gasteiger charge is -2.34. The quantitative estimate of drug-likeness (QED) is 0.389. The first-order valence-electron chi connectivity index (χ1n) is 8.22. The van der Waals surface area contributed by atoms with E-state index in [1.165, 1.54) is 6.07 Å². The molecule has 4 rings (SSSR count). The molecule has 0 saturated carbocycles. The van der Waals surface area contributed by atoms with E-state index in [0.717, 1.165) is 0 Å². The highest BCUT2D eigenvalue weighted by atomic mass is 79.9. The lowest BCUT2D eigenvalue weighted by Crippen LogP contribution is -2.30. The normalized spacial score (nSPS) is 20.6. The number of carboxylic acids is 1. The summed E-state index contributed by atoms with van der Waals surface area (Å²) in [6, 6.07) is 8.40. The number of phenols is 1. The molecule has 1 aliphatic heterocycles. The number of benzene rings is 2. The van der Waals surface area contributed by atoms with Gasteiger partial charge in [0.05, 0.1) is 14.5 Å². The van der Waals surface area contributed by atoms with Crippen LogP contribution < -0.4 is 4.74 Å². The van der Waals surface area contributed by atoms with E-state index >= 15 is 0 Å². The predicted molar refractivity (Wildman–Crippen MR) is 121 cm³/mol. The van der Waals surface area contributed by atoms with Gasteiger partial charge in [-0.05, 0) is 71.6 Å². The first kappa shape index (κ1) is 20.8. The van der Waals surface area contributed by atoms with E-state index in [-0.39, 0.29) is 17.1 Å². The van der Waals surface area contributed by atoms with Gasteiger partial charge in [0.15, 0.2) is 5.78 Å². The molecule has 2 unspecified atom stereocenters. The first-order chi connectivity index (χ1) is 13.7. The number of alkyl halides is 1. The number of aromatic carboxylic acids is 1. The van der Waals surface area contributed by atoms with E-state index < -0.39 is 16.7 Å². The predicted octanol–water partition coefficient (Wildman–Crippen LogP) is 6.02. The maximum atomic E-state index is 12.5. The average Bonchev–Trinajstić information content (AvgIpc) is 2.69. The Morgan fingerprint density at radius 2 is 1.79 bits per heavy atom. The number of hydrogen-bond donors (Lipinski definition) is 2. The van der Waals surface area contributed by atoms with E-state index in [2.05, 4.69) is 63.7 Å². The summed E-state index contributed by atoms with van der Waals surface area (Å²) >= 11 is 13.4. The van der Waals surface area contributed by atoms with Crippen LogP contribution in [0.15, 0.2) is 61.2 Å². The fraction of sp³-hybridized carbons (Fsp3) is 0.100. The van der Waals surface area contributed by atoms with Gasteiger partial charge in [0.25, 0.3) is 0 Å². The highest BCUT2D eigenvalue weighted by Crippen LogP contribution is 2.54. The number of hydrogen-bond acceptors (Lipinski definition) is 4. The van der Waals surface area contributed by atoms with Crippen molar-refractivity contribution in [3.63, 3.8) is 0 Å². The molecule has 0 radical (unpaired) electrons. The number of carboxylic acid groups (broad SMARTS) is 1. The number of fused-ring (bicyclic) bond motifs is 1. The van der Waals surface area contributed by atoms with Crippen LogP contribution in [0.2, 0.25) is 0 Å². The summed E-state index contributed by atoms with van der Waals surface area (Å²) in [6.07, 6.45) is 1.66. The van der Waals surface area contributed by atoms with Gasteiger partial charge in [0, 0.05) is 17.1 Å². The fourth-order valence-corrected chi connectivity index (χ4v) is 6.11. The Morgan fingerprint density at radius 3 is 2.48 bits per heavy atom. The number of halogens is 4. The third-order valence-corrected chi connectivity index (χ3v) is 7.57. The minimum absolute atomic E-state index is 0.0527. The molecule has 0 saturated heterocycles. The summed E-state index contributed by atoms with van der Waals surface area (Å²) in [6.45, 7) is 0. The summed E-state index contributed by atoms with van der Waals surface area (Å²) < 4.78 is 7.16. The Labute approximate surface area is 199 Å². The topological polar surface area (TPSA) is 83.8 Å². The van der Waals surface area contributed by atoms with Crippen LogP contribution in [-0.4, -0.2) is 26.8 Å². The van der Waals surface area contributed by atoms with Crippen LogP contribution in [-0.2, 0) is 4.79 Å². The third kappa shape index (κ3) is 3.32. The molecule has 2 aliphatic rings. The van der Waals surface area contributed by atoms with Crippen LogP contribution in [0.25, 0.3) is 0 Å². The number of carbonyl (C=O) groups is 2. The largest absolute Gasteiger partial charge is 0.505 e. The minimum Gasteiger partial charge on any atom is -0.505 e. The Kier molecular flexibility index (Phi) is 5.52. The van der Waals surface area contributed by atoms with E-state index in [1.54, 1.807) is 30.3 Å². The van der Waals surface area contributed by atoms with Crippen LogP contribution in [0, 0.1) is 0 Å². The number of allylic oxidation sites excluding steroid dienone is 4. The highest BCUT2D eigenvalue weighted by molar-refractivity contribution is 9.12. The average molecular weight is 650 g/mol. The molecule has 1 heterocycles. The zero-order valence-electron chi connectivity index (χ0n) is 14.2. The third-order valence-electron chi connectivity index (χ3n) is 4.78. The SMILES string of the molecule is O=C(O)c1ccccc1C1C2=C(Oc3c1cc(Br)c(O)c3Br)C(Br)C(=O)C(Br)=C2. The van der Waals surface area contributed by atoms with Crippen molar-refractivity contribution in [1.82, 2.24) is 0 Å². The van der Waals surface area contributed by atoms with Crippen LogP contribution in [0.4, 0.5) is 0 Å². The number of ketones is 1. The van der Waals surface area contributed by atoms with Gasteiger partial charge < -0.3 is 14.9 Å². The summed E-state index contributed by atoms with van der Waals surface area (Å²) in [7, 11) is 0. The van der Waals surface area contributed by atoms with E-state index in [1.807, 2.05) is 0 Å². The molecule has 0 fully saturated rings. The number of carbonyl (C=O) groups excluding carboxylic acids is 1. The van der Waals surface area contributed by atoms with Crippen molar-refractivity contribution in [1.29, 1.82) is 0 Å². The molecule has 148 valence electrons. The molecule has 29 heavy (non-hydrogen) atoms. The second kappa shape index (κ2) is 7.68. The van der Waals surface area contributed by atoms with Crippen molar-refractivity contribution in [3.05, 3.63) is 77.9 Å². The van der Waals surface area contributed by atoms with Gasteiger partial charge >= 0.3 is 5.97 Å². The van der Waals surface area contributed by atoms with Gasteiger partial charge in [-0.1, -0.05) is 34.1 Å².